The summed E-state index contributed by atoms with van der Waals surface area (Å²) >= 11 is 0. The molecular formula is C22H31NO3. The van der Waals surface area contributed by atoms with Crippen molar-refractivity contribution < 1.29 is 14.6 Å². The highest BCUT2D eigenvalue weighted by Crippen LogP contribution is 2.20. The van der Waals surface area contributed by atoms with Crippen LogP contribution in [0.25, 0.3) is 0 Å². The third kappa shape index (κ3) is 7.06. The summed E-state index contributed by atoms with van der Waals surface area (Å²) in [6.07, 6.45) is 0.540. The maximum atomic E-state index is 10.5. The number of hydrogen-bond donors (Lipinski definition) is 1. The molecule has 0 aliphatic heterocycles. The second kappa shape index (κ2) is 10.8. The first-order chi connectivity index (χ1) is 12.6. The summed E-state index contributed by atoms with van der Waals surface area (Å²) in [6, 6.07) is 17.7. The Hall–Kier alpha value is -2.04. The molecule has 2 rings (SSSR count). The third-order valence-corrected chi connectivity index (χ3v) is 4.26. The summed E-state index contributed by atoms with van der Waals surface area (Å²) < 4.78 is 11.2. The minimum absolute atomic E-state index is 0.286. The van der Waals surface area contributed by atoms with Gasteiger partial charge in [-0.1, -0.05) is 50.2 Å². The lowest BCUT2D eigenvalue weighted by Gasteiger charge is -2.26. The Morgan fingerprint density at radius 1 is 1.00 bits per heavy atom. The van der Waals surface area contributed by atoms with Crippen LogP contribution in [0.2, 0.25) is 0 Å². The van der Waals surface area contributed by atoms with Gasteiger partial charge in [0.25, 0.3) is 0 Å². The summed E-state index contributed by atoms with van der Waals surface area (Å²) in [5, 5.41) is 10.5. The zero-order chi connectivity index (χ0) is 18.8. The summed E-state index contributed by atoms with van der Waals surface area (Å²) in [6.45, 7) is 6.97. The summed E-state index contributed by atoms with van der Waals surface area (Å²) in [5.41, 5.74) is 1.13. The number of hydrogen-bond acceptors (Lipinski definition) is 4. The molecule has 0 aromatic heterocycles. The van der Waals surface area contributed by atoms with Gasteiger partial charge in [0, 0.05) is 18.7 Å². The van der Waals surface area contributed by atoms with Crippen LogP contribution < -0.4 is 9.47 Å². The molecule has 0 saturated heterocycles. The van der Waals surface area contributed by atoms with Crippen molar-refractivity contribution in [2.75, 3.05) is 26.8 Å². The second-order valence-electron chi connectivity index (χ2n) is 7.01. The molecular weight excluding hydrogens is 326 g/mol. The lowest BCUT2D eigenvalue weighted by atomic mass is 10.1. The van der Waals surface area contributed by atoms with E-state index in [0.29, 0.717) is 12.5 Å². The van der Waals surface area contributed by atoms with E-state index >= 15 is 0 Å². The summed E-state index contributed by atoms with van der Waals surface area (Å²) in [4.78, 5) is 2.27. The Balaban J connectivity index is 1.94. The van der Waals surface area contributed by atoms with Crippen LogP contribution in [0.1, 0.15) is 25.8 Å². The average molecular weight is 357 g/mol. The van der Waals surface area contributed by atoms with Crippen LogP contribution in [-0.4, -0.2) is 42.9 Å². The van der Waals surface area contributed by atoms with E-state index in [9.17, 15) is 5.11 Å². The molecule has 0 spiro atoms. The van der Waals surface area contributed by atoms with Crippen molar-refractivity contribution in [1.82, 2.24) is 4.90 Å². The molecule has 0 amide bonds. The molecule has 4 nitrogen and oxygen atoms in total. The van der Waals surface area contributed by atoms with Gasteiger partial charge in [0.05, 0.1) is 7.11 Å². The van der Waals surface area contributed by atoms with Crippen molar-refractivity contribution in [1.29, 1.82) is 0 Å². The minimum Gasteiger partial charge on any atom is -0.496 e. The van der Waals surface area contributed by atoms with Crippen LogP contribution >= 0.6 is 0 Å². The van der Waals surface area contributed by atoms with Crippen LogP contribution in [0.5, 0.6) is 11.5 Å². The largest absolute Gasteiger partial charge is 0.496 e. The number of methoxy groups -OCH3 is 1. The van der Waals surface area contributed by atoms with Gasteiger partial charge in [-0.3, -0.25) is 4.90 Å². The number of nitrogens with zero attached hydrogens (tertiary/aromatic N) is 1. The van der Waals surface area contributed by atoms with Crippen LogP contribution in [0.4, 0.5) is 0 Å². The maximum Gasteiger partial charge on any atom is 0.123 e. The van der Waals surface area contributed by atoms with Gasteiger partial charge in [-0.15, -0.1) is 0 Å². The monoisotopic (exact) mass is 357 g/mol. The molecule has 0 fully saturated rings. The smallest absolute Gasteiger partial charge is 0.123 e. The fraction of sp³-hybridized carbons (Fsp3) is 0.455. The molecule has 0 bridgehead atoms. The number of para-hydroxylation sites is 2. The Morgan fingerprint density at radius 3 is 2.38 bits per heavy atom. The predicted molar refractivity (Wildman–Crippen MR) is 106 cm³/mol. The molecule has 26 heavy (non-hydrogen) atoms. The molecule has 1 N–H and O–H groups in total. The zero-order valence-electron chi connectivity index (χ0n) is 16.1. The van der Waals surface area contributed by atoms with Crippen molar-refractivity contribution in [2.45, 2.75) is 32.9 Å². The van der Waals surface area contributed by atoms with Crippen LogP contribution in [0.15, 0.2) is 54.6 Å². The number of ether oxygens (including phenoxy) is 2. The molecule has 0 radical (unpaired) electrons. The van der Waals surface area contributed by atoms with Gasteiger partial charge in [0.1, 0.15) is 24.2 Å². The quantitative estimate of drug-likeness (QED) is 0.660. The topological polar surface area (TPSA) is 41.9 Å². The van der Waals surface area contributed by atoms with E-state index < -0.39 is 6.10 Å². The molecule has 2 aromatic rings. The highest BCUT2D eigenvalue weighted by atomic mass is 16.5. The van der Waals surface area contributed by atoms with E-state index in [4.69, 9.17) is 9.47 Å². The Labute approximate surface area is 157 Å². The second-order valence-corrected chi connectivity index (χ2v) is 7.01. The molecule has 0 saturated carbocycles. The van der Waals surface area contributed by atoms with Crippen molar-refractivity contribution in [3.63, 3.8) is 0 Å². The van der Waals surface area contributed by atoms with E-state index in [0.717, 1.165) is 36.6 Å². The van der Waals surface area contributed by atoms with E-state index in [-0.39, 0.29) is 6.61 Å². The fourth-order valence-corrected chi connectivity index (χ4v) is 2.81. The summed E-state index contributed by atoms with van der Waals surface area (Å²) in [7, 11) is 1.69. The Bertz CT molecular complexity index is 630. The van der Waals surface area contributed by atoms with Crippen LogP contribution in [-0.2, 0) is 6.54 Å². The molecule has 0 aliphatic rings. The SMILES string of the molecule is COc1ccccc1CN(CCC(C)C)CC(O)COc1ccccc1. The highest BCUT2D eigenvalue weighted by Gasteiger charge is 2.15. The van der Waals surface area contributed by atoms with Crippen molar-refractivity contribution in [2.24, 2.45) is 5.92 Å². The normalized spacial score (nSPS) is 12.4. The molecule has 0 aliphatic carbocycles. The van der Waals surface area contributed by atoms with Crippen molar-refractivity contribution >= 4 is 0 Å². The van der Waals surface area contributed by atoms with E-state index in [1.165, 1.54) is 0 Å². The minimum atomic E-state index is -0.544. The molecule has 1 unspecified atom stereocenters. The number of benzene rings is 2. The van der Waals surface area contributed by atoms with Crippen LogP contribution in [0.3, 0.4) is 0 Å². The molecule has 0 heterocycles. The highest BCUT2D eigenvalue weighted by molar-refractivity contribution is 5.33. The maximum absolute atomic E-state index is 10.5. The number of aliphatic hydroxyl groups is 1. The Kier molecular flexibility index (Phi) is 8.45. The summed E-state index contributed by atoms with van der Waals surface area (Å²) in [5.74, 6) is 2.29. The lowest BCUT2D eigenvalue weighted by molar-refractivity contribution is 0.0637. The molecule has 1 atom stereocenters. The van der Waals surface area contributed by atoms with Gasteiger partial charge in [0.2, 0.25) is 0 Å². The number of aliphatic hydroxyl groups excluding tert-OH is 1. The number of rotatable bonds is 11. The van der Waals surface area contributed by atoms with Gasteiger partial charge in [-0.2, -0.15) is 0 Å². The van der Waals surface area contributed by atoms with E-state index in [1.54, 1.807) is 7.11 Å². The Morgan fingerprint density at radius 2 is 1.69 bits per heavy atom. The first-order valence-corrected chi connectivity index (χ1v) is 9.28. The van der Waals surface area contributed by atoms with Crippen LogP contribution in [0, 0.1) is 5.92 Å². The third-order valence-electron chi connectivity index (χ3n) is 4.26. The molecule has 2 aromatic carbocycles. The van der Waals surface area contributed by atoms with E-state index in [1.807, 2.05) is 48.5 Å². The van der Waals surface area contributed by atoms with Gasteiger partial charge in [-0.05, 0) is 37.1 Å². The molecule has 142 valence electrons. The van der Waals surface area contributed by atoms with Gasteiger partial charge >= 0.3 is 0 Å². The lowest BCUT2D eigenvalue weighted by Crippen LogP contribution is -2.36. The van der Waals surface area contributed by atoms with Gasteiger partial charge < -0.3 is 14.6 Å². The predicted octanol–water partition coefficient (Wildman–Crippen LogP) is 3.98. The standard InChI is InChI=1S/C22H31NO3/c1-18(2)13-14-23(15-19-9-7-8-12-22(19)25-3)16-20(24)17-26-21-10-5-4-6-11-21/h4-12,18,20,24H,13-17H2,1-3H3. The van der Waals surface area contributed by atoms with Crippen molar-refractivity contribution in [3.8, 4) is 11.5 Å². The average Bonchev–Trinajstić information content (AvgIpc) is 2.65. The fourth-order valence-electron chi connectivity index (χ4n) is 2.81. The first-order valence-electron chi connectivity index (χ1n) is 9.28. The zero-order valence-corrected chi connectivity index (χ0v) is 16.1. The van der Waals surface area contributed by atoms with Crippen molar-refractivity contribution in [3.05, 3.63) is 60.2 Å². The molecule has 4 heteroatoms. The van der Waals surface area contributed by atoms with Gasteiger partial charge in [0.15, 0.2) is 0 Å². The first kappa shape index (κ1) is 20.3. The van der Waals surface area contributed by atoms with Gasteiger partial charge in [-0.25, -0.2) is 0 Å². The van der Waals surface area contributed by atoms with E-state index in [2.05, 4.69) is 24.8 Å².